The van der Waals surface area contributed by atoms with Crippen LogP contribution in [0.25, 0.3) is 11.3 Å². The van der Waals surface area contributed by atoms with Gasteiger partial charge in [0.05, 0.1) is 11.1 Å². The molecule has 2 aromatic carbocycles. The summed E-state index contributed by atoms with van der Waals surface area (Å²) in [5.41, 5.74) is 4.15. The van der Waals surface area contributed by atoms with E-state index < -0.39 is 0 Å². The van der Waals surface area contributed by atoms with Gasteiger partial charge in [-0.25, -0.2) is 0 Å². The number of benzene rings is 2. The zero-order valence-corrected chi connectivity index (χ0v) is 16.8. The second kappa shape index (κ2) is 8.39. The minimum atomic E-state index is -0.225. The zero-order valence-electron chi connectivity index (χ0n) is 16.8. The Kier molecular flexibility index (Phi) is 5.51. The summed E-state index contributed by atoms with van der Waals surface area (Å²) >= 11 is 0. The monoisotopic (exact) mass is 391 g/mol. The fraction of sp³-hybridized carbons (Fsp3) is 0.304. The molecule has 1 aromatic heterocycles. The first-order valence-corrected chi connectivity index (χ1v) is 9.98. The molecule has 3 aromatic rings. The number of ether oxygens (including phenoxy) is 1. The number of rotatable bonds is 7. The van der Waals surface area contributed by atoms with Crippen molar-refractivity contribution in [3.8, 4) is 17.1 Å². The number of aromatic nitrogens is 1. The maximum atomic E-state index is 12.6. The van der Waals surface area contributed by atoms with Gasteiger partial charge < -0.3 is 19.5 Å². The number of amides is 1. The average molecular weight is 391 g/mol. The van der Waals surface area contributed by atoms with Crippen LogP contribution in [0.5, 0.6) is 5.75 Å². The molecule has 1 N–H and O–H groups in total. The predicted octanol–water partition coefficient (Wildman–Crippen LogP) is 4.19. The molecule has 0 bridgehead atoms. The van der Waals surface area contributed by atoms with E-state index in [1.54, 1.807) is 0 Å². The topological polar surface area (TPSA) is 67.6 Å². The molecule has 2 heterocycles. The van der Waals surface area contributed by atoms with Crippen molar-refractivity contribution in [2.45, 2.75) is 26.9 Å². The molecule has 1 aliphatic rings. The number of para-hydroxylation sites is 1. The van der Waals surface area contributed by atoms with Gasteiger partial charge in [-0.15, -0.1) is 0 Å². The number of nitrogens with one attached hydrogen (secondary N) is 1. The van der Waals surface area contributed by atoms with Crippen molar-refractivity contribution in [3.05, 3.63) is 65.4 Å². The largest absolute Gasteiger partial charge is 0.488 e. The molecule has 6 heteroatoms. The van der Waals surface area contributed by atoms with Crippen LogP contribution in [0, 0.1) is 6.92 Å². The number of carbonyl (C=O) groups excluding carboxylic acids is 1. The first kappa shape index (κ1) is 19.1. The normalized spacial score (nSPS) is 11.9. The van der Waals surface area contributed by atoms with Crippen molar-refractivity contribution in [3.63, 3.8) is 0 Å². The number of hydrogen-bond donors (Lipinski definition) is 1. The Labute approximate surface area is 170 Å². The number of anilines is 1. The van der Waals surface area contributed by atoms with Gasteiger partial charge in [-0.1, -0.05) is 35.0 Å². The molecule has 0 saturated carbocycles. The highest BCUT2D eigenvalue weighted by atomic mass is 16.5. The van der Waals surface area contributed by atoms with Crippen LogP contribution >= 0.6 is 0 Å². The molecule has 0 fully saturated rings. The average Bonchev–Trinajstić information content (AvgIpc) is 3.19. The van der Waals surface area contributed by atoms with Crippen LogP contribution in [-0.4, -0.2) is 30.7 Å². The van der Waals surface area contributed by atoms with E-state index >= 15 is 0 Å². The van der Waals surface area contributed by atoms with Crippen molar-refractivity contribution in [2.24, 2.45) is 0 Å². The highest BCUT2D eigenvalue weighted by molar-refractivity contribution is 5.95. The minimum Gasteiger partial charge on any atom is -0.488 e. The summed E-state index contributed by atoms with van der Waals surface area (Å²) in [7, 11) is 0. The van der Waals surface area contributed by atoms with Crippen molar-refractivity contribution < 1.29 is 14.1 Å². The van der Waals surface area contributed by atoms with E-state index in [1.807, 2.05) is 43.3 Å². The van der Waals surface area contributed by atoms with E-state index in [9.17, 15) is 4.79 Å². The number of hydrogen-bond acceptors (Lipinski definition) is 5. The Morgan fingerprint density at radius 1 is 1.21 bits per heavy atom. The zero-order chi connectivity index (χ0) is 20.2. The van der Waals surface area contributed by atoms with E-state index in [0.717, 1.165) is 36.4 Å². The lowest BCUT2D eigenvalue weighted by Crippen LogP contribution is -2.30. The van der Waals surface area contributed by atoms with E-state index in [2.05, 4.69) is 34.4 Å². The summed E-state index contributed by atoms with van der Waals surface area (Å²) in [6, 6.07) is 16.2. The van der Waals surface area contributed by atoms with Crippen molar-refractivity contribution >= 4 is 11.6 Å². The molecule has 4 rings (SSSR count). The Hall–Kier alpha value is -3.28. The number of aryl methyl sites for hydroxylation is 1. The molecule has 6 nitrogen and oxygen atoms in total. The number of fused-ring (bicyclic) bond motifs is 3. The lowest BCUT2D eigenvalue weighted by Gasteiger charge is -2.23. The third-order valence-corrected chi connectivity index (χ3v) is 5.15. The van der Waals surface area contributed by atoms with Crippen LogP contribution < -0.4 is 15.0 Å². The summed E-state index contributed by atoms with van der Waals surface area (Å²) in [6.07, 6.45) is 0.840. The van der Waals surface area contributed by atoms with Gasteiger partial charge in [0, 0.05) is 25.3 Å². The van der Waals surface area contributed by atoms with E-state index in [-0.39, 0.29) is 12.5 Å². The molecule has 150 valence electrons. The van der Waals surface area contributed by atoms with Crippen LogP contribution in [0.15, 0.2) is 53.1 Å². The number of carbonyl (C=O) groups is 1. The molecule has 0 unspecified atom stereocenters. The second-order valence-electron chi connectivity index (χ2n) is 7.15. The molecule has 29 heavy (non-hydrogen) atoms. The van der Waals surface area contributed by atoms with E-state index in [4.69, 9.17) is 9.26 Å². The molecule has 0 radical (unpaired) electrons. The van der Waals surface area contributed by atoms with E-state index in [1.165, 1.54) is 5.69 Å². The molecule has 1 amide bonds. The maximum Gasteiger partial charge on any atom is 0.273 e. The second-order valence-corrected chi connectivity index (χ2v) is 7.15. The lowest BCUT2D eigenvalue weighted by atomic mass is 10.0. The van der Waals surface area contributed by atoms with Gasteiger partial charge in [-0.05, 0) is 44.5 Å². The molecule has 0 saturated heterocycles. The molecule has 1 aliphatic heterocycles. The molecule has 0 aliphatic carbocycles. The quantitative estimate of drug-likeness (QED) is 0.612. The summed E-state index contributed by atoms with van der Waals surface area (Å²) in [4.78, 5) is 14.9. The van der Waals surface area contributed by atoms with Crippen LogP contribution in [0.3, 0.4) is 0 Å². The lowest BCUT2D eigenvalue weighted by molar-refractivity contribution is 0.0942. The molecular formula is C23H25N3O3. The predicted molar refractivity (Wildman–Crippen MR) is 112 cm³/mol. The minimum absolute atomic E-state index is 0.225. The molecule has 0 spiro atoms. The summed E-state index contributed by atoms with van der Waals surface area (Å²) in [6.45, 7) is 6.79. The third-order valence-electron chi connectivity index (χ3n) is 5.15. The van der Waals surface area contributed by atoms with Crippen molar-refractivity contribution in [2.75, 3.05) is 24.5 Å². The van der Waals surface area contributed by atoms with Gasteiger partial charge >= 0.3 is 0 Å². The fourth-order valence-corrected chi connectivity index (χ4v) is 3.59. The van der Waals surface area contributed by atoms with Crippen LogP contribution in [-0.2, 0) is 6.61 Å². The smallest absolute Gasteiger partial charge is 0.273 e. The van der Waals surface area contributed by atoms with Gasteiger partial charge in [0.2, 0.25) is 0 Å². The Bertz CT molecular complexity index is 998. The van der Waals surface area contributed by atoms with Crippen LogP contribution in [0.2, 0.25) is 0 Å². The third kappa shape index (κ3) is 3.97. The highest BCUT2D eigenvalue weighted by Gasteiger charge is 2.28. The van der Waals surface area contributed by atoms with E-state index in [0.29, 0.717) is 23.6 Å². The Morgan fingerprint density at radius 3 is 2.83 bits per heavy atom. The maximum absolute atomic E-state index is 12.6. The van der Waals surface area contributed by atoms with Gasteiger partial charge in [0.25, 0.3) is 5.91 Å². The summed E-state index contributed by atoms with van der Waals surface area (Å²) in [5.74, 6) is 1.16. The SMILES string of the molecule is CCN(CCCNC(=O)c1noc2c1COc1ccc(C)cc1-2)c1ccccc1. The standard InChI is InChI=1S/C23H25N3O3/c1-3-26(17-8-5-4-6-9-17)13-7-12-24-23(27)21-19-15-28-20-11-10-16(2)14-18(20)22(19)29-25-21/h4-6,8-11,14H,3,7,12-13,15H2,1-2H3,(H,24,27). The molecule has 0 atom stereocenters. The number of nitrogens with zero attached hydrogens (tertiary/aromatic N) is 2. The molecular weight excluding hydrogens is 366 g/mol. The van der Waals surface area contributed by atoms with Crippen molar-refractivity contribution in [1.29, 1.82) is 0 Å². The first-order chi connectivity index (χ1) is 14.2. The first-order valence-electron chi connectivity index (χ1n) is 9.98. The summed E-state index contributed by atoms with van der Waals surface area (Å²) < 4.78 is 11.3. The summed E-state index contributed by atoms with van der Waals surface area (Å²) in [5, 5.41) is 6.98. The van der Waals surface area contributed by atoms with Crippen molar-refractivity contribution in [1.82, 2.24) is 10.5 Å². The van der Waals surface area contributed by atoms with Gasteiger partial charge in [0.15, 0.2) is 11.5 Å². The van der Waals surface area contributed by atoms with Crippen LogP contribution in [0.1, 0.15) is 35.0 Å². The van der Waals surface area contributed by atoms with Gasteiger partial charge in [0.1, 0.15) is 12.4 Å². The Morgan fingerprint density at radius 2 is 2.03 bits per heavy atom. The highest BCUT2D eigenvalue weighted by Crippen LogP contribution is 2.39. The fourth-order valence-electron chi connectivity index (χ4n) is 3.59. The van der Waals surface area contributed by atoms with Gasteiger partial charge in [-0.2, -0.15) is 0 Å². The van der Waals surface area contributed by atoms with Gasteiger partial charge in [-0.3, -0.25) is 4.79 Å². The van der Waals surface area contributed by atoms with Crippen LogP contribution in [0.4, 0.5) is 5.69 Å². The Balaban J connectivity index is 1.37.